The van der Waals surface area contributed by atoms with Crippen LogP contribution in [0, 0.1) is 0 Å². The monoisotopic (exact) mass is 128 g/mol. The Hall–Kier alpha value is 0.690. The molecule has 7 heavy (non-hydrogen) atoms. The van der Waals surface area contributed by atoms with Crippen molar-refractivity contribution in [2.45, 2.75) is 6.92 Å². The summed E-state index contributed by atoms with van der Waals surface area (Å²) in [6, 6.07) is 0. The number of hydrogen-bond acceptors (Lipinski definition) is 3. The van der Waals surface area contributed by atoms with Gasteiger partial charge in [-0.1, -0.05) is 0 Å². The van der Waals surface area contributed by atoms with Gasteiger partial charge in [0, 0.05) is 0 Å². The maximum absolute atomic E-state index is 9.64. The minimum absolute atomic E-state index is 0. The van der Waals surface area contributed by atoms with Gasteiger partial charge in [-0.15, -0.1) is 0 Å². The van der Waals surface area contributed by atoms with E-state index >= 15 is 0 Å². The molecule has 0 amide bonds. The largest absolute Gasteiger partial charge is 1.00 e. The van der Waals surface area contributed by atoms with Crippen LogP contribution in [0.5, 0.6) is 0 Å². The molecule has 36 valence electrons. The maximum Gasteiger partial charge on any atom is 1.00 e. The topological polar surface area (TPSA) is 26.3 Å². The Morgan fingerprint density at radius 1 is 1.86 bits per heavy atom. The minimum Gasteiger partial charge on any atom is -0.698 e. The van der Waals surface area contributed by atoms with Gasteiger partial charge in [0.1, 0.15) is 0 Å². The van der Waals surface area contributed by atoms with Crippen molar-refractivity contribution in [2.75, 3.05) is 6.61 Å². The van der Waals surface area contributed by atoms with E-state index in [1.807, 2.05) is 0 Å². The molecule has 0 heterocycles. The molecular weight excluding hydrogens is 123 g/mol. The van der Waals surface area contributed by atoms with E-state index in [1.54, 1.807) is 6.92 Å². The summed E-state index contributed by atoms with van der Waals surface area (Å²) in [5, 5.41) is -0.627. The molecule has 0 aliphatic carbocycles. The smallest absolute Gasteiger partial charge is 0.698 e. The second-order valence-corrected chi connectivity index (χ2v) is 1.02. The molecule has 0 unspecified atom stereocenters. The van der Waals surface area contributed by atoms with Crippen molar-refractivity contribution in [3.05, 3.63) is 0 Å². The van der Waals surface area contributed by atoms with E-state index in [0.29, 0.717) is 6.61 Å². The fraction of sp³-hybridized carbons (Fsp3) is 0.667. The molecule has 0 aliphatic rings. The van der Waals surface area contributed by atoms with Crippen molar-refractivity contribution in [3.8, 4) is 0 Å². The summed E-state index contributed by atoms with van der Waals surface area (Å²) in [6.45, 7) is 2.09. The van der Waals surface area contributed by atoms with E-state index in [0.717, 1.165) is 0 Å². The van der Waals surface area contributed by atoms with Crippen LogP contribution in [0.4, 0.5) is 4.79 Å². The van der Waals surface area contributed by atoms with Gasteiger partial charge in [0.05, 0.1) is 6.61 Å². The second kappa shape index (κ2) is 6.69. The molecule has 0 aliphatic heterocycles. The summed E-state index contributed by atoms with van der Waals surface area (Å²) in [7, 11) is 0. The Labute approximate surface area is 70.3 Å². The minimum atomic E-state index is -0.627. The van der Waals surface area contributed by atoms with Crippen LogP contribution in [0.3, 0.4) is 0 Å². The number of rotatable bonds is 1. The van der Waals surface area contributed by atoms with Crippen LogP contribution in [0.25, 0.3) is 0 Å². The molecule has 4 heteroatoms. The van der Waals surface area contributed by atoms with Crippen LogP contribution in [0.1, 0.15) is 6.92 Å². The summed E-state index contributed by atoms with van der Waals surface area (Å²) in [5.41, 5.74) is 0. The quantitative estimate of drug-likeness (QED) is 0.225. The molecule has 0 aromatic rings. The van der Waals surface area contributed by atoms with Crippen LogP contribution >= 0.6 is 0 Å². The number of ether oxygens (including phenoxy) is 1. The van der Waals surface area contributed by atoms with Gasteiger partial charge >= 0.3 is 29.6 Å². The molecule has 2 nitrogen and oxygen atoms in total. The first-order valence-electron chi connectivity index (χ1n) is 1.61. The van der Waals surface area contributed by atoms with E-state index in [-0.39, 0.29) is 29.6 Å². The van der Waals surface area contributed by atoms with Crippen molar-refractivity contribution in [1.29, 1.82) is 0 Å². The fourth-order valence-electron chi connectivity index (χ4n) is 0.118. The van der Waals surface area contributed by atoms with Gasteiger partial charge in [-0.3, -0.25) is 4.79 Å². The maximum atomic E-state index is 9.64. The summed E-state index contributed by atoms with van der Waals surface area (Å²) in [4.78, 5) is 9.64. The van der Waals surface area contributed by atoms with Gasteiger partial charge in [-0.05, 0) is 6.92 Å². The number of carbonyl (C=O) groups is 1. The van der Waals surface area contributed by atoms with Crippen LogP contribution in [-0.4, -0.2) is 11.9 Å². The summed E-state index contributed by atoms with van der Waals surface area (Å²) in [5.74, 6) is 0. The van der Waals surface area contributed by atoms with Crippen molar-refractivity contribution in [1.82, 2.24) is 0 Å². The van der Waals surface area contributed by atoms with Crippen LogP contribution < -0.4 is 29.6 Å². The first-order valence-corrected chi connectivity index (χ1v) is 2.02. The summed E-state index contributed by atoms with van der Waals surface area (Å²) in [6.07, 6.45) is 0. The van der Waals surface area contributed by atoms with Crippen molar-refractivity contribution in [2.24, 2.45) is 0 Å². The Morgan fingerprint density at radius 2 is 2.29 bits per heavy atom. The molecule has 0 atom stereocenters. The molecule has 0 saturated heterocycles. The van der Waals surface area contributed by atoms with Gasteiger partial charge in [0.25, 0.3) is 0 Å². The summed E-state index contributed by atoms with van der Waals surface area (Å²) < 4.78 is 4.22. The molecule has 0 fully saturated rings. The second-order valence-electron chi connectivity index (χ2n) is 0.683. The fourth-order valence-corrected chi connectivity index (χ4v) is 0.236. The SMILES string of the molecule is CCOC(=O)[S-].[Na+]. The number of carbonyl (C=O) groups excluding carboxylic acids is 1. The van der Waals surface area contributed by atoms with Crippen LogP contribution in [0.15, 0.2) is 0 Å². The van der Waals surface area contributed by atoms with E-state index in [2.05, 4.69) is 17.4 Å². The van der Waals surface area contributed by atoms with Gasteiger partial charge in [0.2, 0.25) is 0 Å². The summed E-state index contributed by atoms with van der Waals surface area (Å²) >= 11 is 4.02. The Bertz CT molecular complexity index is 56.9. The average Bonchev–Trinajstić information content (AvgIpc) is 1.35. The van der Waals surface area contributed by atoms with Gasteiger partial charge < -0.3 is 17.4 Å². The average molecular weight is 128 g/mol. The molecule has 0 rings (SSSR count). The van der Waals surface area contributed by atoms with E-state index < -0.39 is 5.30 Å². The van der Waals surface area contributed by atoms with Crippen molar-refractivity contribution < 1.29 is 39.1 Å². The molecule has 0 bridgehead atoms. The molecule has 0 N–H and O–H groups in total. The predicted molar refractivity (Wildman–Crippen MR) is 24.4 cm³/mol. The number of hydrogen-bond donors (Lipinski definition) is 0. The normalized spacial score (nSPS) is 6.43. The zero-order chi connectivity index (χ0) is 4.99. The van der Waals surface area contributed by atoms with Gasteiger partial charge in [-0.2, -0.15) is 0 Å². The van der Waals surface area contributed by atoms with E-state index in [4.69, 9.17) is 0 Å². The Balaban J connectivity index is 0. The van der Waals surface area contributed by atoms with Crippen LogP contribution in [-0.2, 0) is 17.4 Å². The predicted octanol–water partition coefficient (Wildman–Crippen LogP) is -2.31. The molecule has 0 saturated carbocycles. The van der Waals surface area contributed by atoms with Crippen molar-refractivity contribution >= 4 is 17.9 Å². The van der Waals surface area contributed by atoms with Gasteiger partial charge in [-0.25, -0.2) is 0 Å². The molecule has 0 aromatic carbocycles. The Kier molecular flexibility index (Phi) is 10.2. The zero-order valence-electron chi connectivity index (χ0n) is 4.43. The van der Waals surface area contributed by atoms with Crippen molar-refractivity contribution in [3.63, 3.8) is 0 Å². The molecular formula is C3H5NaO2S. The third-order valence-corrected chi connectivity index (χ3v) is 0.380. The third-order valence-electron chi connectivity index (χ3n) is 0.262. The standard InChI is InChI=1S/C3H6O2S.Na/c1-2-5-3(4)6;/h2H2,1H3,(H,4,6);/q;+1/p-1. The third kappa shape index (κ3) is 10.8. The molecule has 0 spiro atoms. The Morgan fingerprint density at radius 3 is 2.29 bits per heavy atom. The zero-order valence-corrected chi connectivity index (χ0v) is 7.25. The molecule has 0 aromatic heterocycles. The van der Waals surface area contributed by atoms with E-state index in [9.17, 15) is 4.79 Å². The van der Waals surface area contributed by atoms with Gasteiger partial charge in [0.15, 0.2) is 5.30 Å². The first kappa shape index (κ1) is 10.6. The van der Waals surface area contributed by atoms with Crippen LogP contribution in [0.2, 0.25) is 0 Å². The van der Waals surface area contributed by atoms with E-state index in [1.165, 1.54) is 0 Å². The molecule has 0 radical (unpaired) electrons. The first-order chi connectivity index (χ1) is 2.77.